The monoisotopic (exact) mass is 230 g/mol. The Kier molecular flexibility index (Phi) is 4.96. The molecule has 0 spiro atoms. The number of carbonyl (C=O) groups excluding carboxylic acids is 2. The summed E-state index contributed by atoms with van der Waals surface area (Å²) >= 11 is 0. The summed E-state index contributed by atoms with van der Waals surface area (Å²) < 4.78 is 4.86. The molecule has 0 N–H and O–H groups in total. The Morgan fingerprint density at radius 1 is 1.29 bits per heavy atom. The van der Waals surface area contributed by atoms with E-state index in [4.69, 9.17) is 11.2 Å². The van der Waals surface area contributed by atoms with Crippen molar-refractivity contribution in [2.75, 3.05) is 0 Å². The number of rotatable bonds is 5. The molecule has 0 fully saturated rings. The van der Waals surface area contributed by atoms with Gasteiger partial charge in [-0.25, -0.2) is 0 Å². The zero-order chi connectivity index (χ0) is 12.7. The summed E-state index contributed by atoms with van der Waals surface area (Å²) in [7, 11) is 0. The van der Waals surface area contributed by atoms with E-state index in [0.717, 1.165) is 0 Å². The first kappa shape index (κ1) is 13.0. The van der Waals surface area contributed by atoms with Crippen LogP contribution in [0.5, 0.6) is 0 Å². The zero-order valence-corrected chi connectivity index (χ0v) is 9.68. The third-order valence-electron chi connectivity index (χ3n) is 2.19. The largest absolute Gasteiger partial charge is 0.449 e. The molecular formula is C14H14O3. The summed E-state index contributed by atoms with van der Waals surface area (Å²) in [6.07, 6.45) is 4.72. The van der Waals surface area contributed by atoms with E-state index in [1.54, 1.807) is 31.2 Å². The second kappa shape index (κ2) is 6.49. The summed E-state index contributed by atoms with van der Waals surface area (Å²) in [5.74, 6) is 1.77. The van der Waals surface area contributed by atoms with Crippen molar-refractivity contribution in [3.63, 3.8) is 0 Å². The molecule has 0 heterocycles. The van der Waals surface area contributed by atoms with Crippen molar-refractivity contribution in [3.05, 3.63) is 35.9 Å². The van der Waals surface area contributed by atoms with Gasteiger partial charge >= 0.3 is 5.97 Å². The Bertz CT molecular complexity index is 429. The van der Waals surface area contributed by atoms with Crippen molar-refractivity contribution in [1.82, 2.24) is 0 Å². The van der Waals surface area contributed by atoms with Gasteiger partial charge in [0.25, 0.3) is 0 Å². The molecule has 0 bridgehead atoms. The second-order valence-electron chi connectivity index (χ2n) is 3.59. The molecule has 3 heteroatoms. The summed E-state index contributed by atoms with van der Waals surface area (Å²) in [6, 6.07) is 8.84. The van der Waals surface area contributed by atoms with Gasteiger partial charge < -0.3 is 4.74 Å². The fourth-order valence-electron chi connectivity index (χ4n) is 1.27. The molecule has 0 aliphatic rings. The number of benzene rings is 1. The lowest BCUT2D eigenvalue weighted by Gasteiger charge is -2.06. The smallest absolute Gasteiger partial charge is 0.307 e. The first-order chi connectivity index (χ1) is 8.13. The summed E-state index contributed by atoms with van der Waals surface area (Å²) in [4.78, 5) is 22.9. The number of esters is 1. The van der Waals surface area contributed by atoms with Crippen molar-refractivity contribution in [3.8, 4) is 12.3 Å². The van der Waals surface area contributed by atoms with Crippen LogP contribution in [0.2, 0.25) is 0 Å². The predicted molar refractivity (Wildman–Crippen MR) is 64.4 cm³/mol. The Morgan fingerprint density at radius 3 is 2.53 bits per heavy atom. The van der Waals surface area contributed by atoms with E-state index in [1.165, 1.54) is 0 Å². The SMILES string of the molecule is C#CC(C)OC(=O)CCC(=O)c1ccccc1. The van der Waals surface area contributed by atoms with Crippen LogP contribution in [-0.4, -0.2) is 17.9 Å². The molecule has 1 aromatic rings. The number of hydrogen-bond acceptors (Lipinski definition) is 3. The molecule has 17 heavy (non-hydrogen) atoms. The second-order valence-corrected chi connectivity index (χ2v) is 3.59. The molecule has 0 aliphatic heterocycles. The van der Waals surface area contributed by atoms with Crippen LogP contribution in [0.3, 0.4) is 0 Å². The van der Waals surface area contributed by atoms with Crippen LogP contribution < -0.4 is 0 Å². The first-order valence-corrected chi connectivity index (χ1v) is 5.37. The van der Waals surface area contributed by atoms with Crippen LogP contribution >= 0.6 is 0 Å². The normalized spacial score (nSPS) is 11.3. The van der Waals surface area contributed by atoms with Gasteiger partial charge in [-0.15, -0.1) is 6.42 Å². The molecule has 1 aromatic carbocycles. The minimum absolute atomic E-state index is 0.0553. The third-order valence-corrected chi connectivity index (χ3v) is 2.19. The highest BCUT2D eigenvalue weighted by molar-refractivity contribution is 5.97. The van der Waals surface area contributed by atoms with Crippen molar-refractivity contribution in [1.29, 1.82) is 0 Å². The molecule has 0 amide bonds. The van der Waals surface area contributed by atoms with Crippen LogP contribution in [0, 0.1) is 12.3 Å². The van der Waals surface area contributed by atoms with E-state index in [1.807, 2.05) is 6.07 Å². The van der Waals surface area contributed by atoms with E-state index in [-0.39, 0.29) is 18.6 Å². The molecule has 1 atom stereocenters. The van der Waals surface area contributed by atoms with E-state index in [0.29, 0.717) is 5.56 Å². The van der Waals surface area contributed by atoms with Crippen LogP contribution in [0.15, 0.2) is 30.3 Å². The molecule has 1 unspecified atom stereocenters. The average molecular weight is 230 g/mol. The molecule has 3 nitrogen and oxygen atoms in total. The molecular weight excluding hydrogens is 216 g/mol. The number of terminal acetylenes is 1. The van der Waals surface area contributed by atoms with Crippen molar-refractivity contribution < 1.29 is 14.3 Å². The molecule has 0 aliphatic carbocycles. The van der Waals surface area contributed by atoms with Gasteiger partial charge in [-0.05, 0) is 6.92 Å². The van der Waals surface area contributed by atoms with Crippen LogP contribution in [0.1, 0.15) is 30.1 Å². The quantitative estimate of drug-likeness (QED) is 0.442. The standard InChI is InChI=1S/C14H14O3/c1-3-11(2)17-14(16)10-9-13(15)12-7-5-4-6-8-12/h1,4-8,11H,9-10H2,2H3. The highest BCUT2D eigenvalue weighted by Crippen LogP contribution is 2.06. The number of Topliss-reactive ketones (excluding diaryl/α,β-unsaturated/α-hetero) is 1. The van der Waals surface area contributed by atoms with Gasteiger partial charge in [-0.1, -0.05) is 36.3 Å². The van der Waals surface area contributed by atoms with Gasteiger partial charge in [-0.3, -0.25) is 9.59 Å². The molecule has 88 valence electrons. The number of hydrogen-bond donors (Lipinski definition) is 0. The van der Waals surface area contributed by atoms with Gasteiger partial charge in [0, 0.05) is 12.0 Å². The maximum Gasteiger partial charge on any atom is 0.307 e. The minimum Gasteiger partial charge on any atom is -0.449 e. The van der Waals surface area contributed by atoms with E-state index < -0.39 is 12.1 Å². The summed E-state index contributed by atoms with van der Waals surface area (Å²) in [5, 5.41) is 0. The number of carbonyl (C=O) groups is 2. The van der Waals surface area contributed by atoms with Gasteiger partial charge in [0.2, 0.25) is 0 Å². The molecule has 0 saturated carbocycles. The van der Waals surface area contributed by atoms with Crippen molar-refractivity contribution in [2.45, 2.75) is 25.9 Å². The van der Waals surface area contributed by atoms with Crippen LogP contribution in [0.4, 0.5) is 0 Å². The fourth-order valence-corrected chi connectivity index (χ4v) is 1.27. The maximum atomic E-state index is 11.7. The Morgan fingerprint density at radius 2 is 1.94 bits per heavy atom. The van der Waals surface area contributed by atoms with E-state index in [2.05, 4.69) is 5.92 Å². The van der Waals surface area contributed by atoms with Crippen LogP contribution in [-0.2, 0) is 9.53 Å². The number of ketones is 1. The zero-order valence-electron chi connectivity index (χ0n) is 9.68. The van der Waals surface area contributed by atoms with Gasteiger partial charge in [0.1, 0.15) is 0 Å². The lowest BCUT2D eigenvalue weighted by atomic mass is 10.1. The Hall–Kier alpha value is -2.08. The lowest BCUT2D eigenvalue weighted by Crippen LogP contribution is -2.14. The summed E-state index contributed by atoms with van der Waals surface area (Å²) in [5.41, 5.74) is 0.602. The average Bonchev–Trinajstić information content (AvgIpc) is 2.36. The highest BCUT2D eigenvalue weighted by Gasteiger charge is 2.11. The number of ether oxygens (including phenoxy) is 1. The maximum absolute atomic E-state index is 11.7. The summed E-state index contributed by atoms with van der Waals surface area (Å²) in [6.45, 7) is 1.61. The van der Waals surface area contributed by atoms with E-state index in [9.17, 15) is 9.59 Å². The van der Waals surface area contributed by atoms with Gasteiger partial charge in [-0.2, -0.15) is 0 Å². The third kappa shape index (κ3) is 4.52. The first-order valence-electron chi connectivity index (χ1n) is 5.37. The molecule has 0 aromatic heterocycles. The van der Waals surface area contributed by atoms with Gasteiger partial charge in [0.15, 0.2) is 11.9 Å². The Balaban J connectivity index is 2.39. The molecule has 0 saturated heterocycles. The lowest BCUT2D eigenvalue weighted by molar-refractivity contribution is -0.145. The highest BCUT2D eigenvalue weighted by atomic mass is 16.5. The fraction of sp³-hybridized carbons (Fsp3) is 0.286. The van der Waals surface area contributed by atoms with Crippen LogP contribution in [0.25, 0.3) is 0 Å². The van der Waals surface area contributed by atoms with Gasteiger partial charge in [0.05, 0.1) is 6.42 Å². The van der Waals surface area contributed by atoms with Crippen molar-refractivity contribution in [2.24, 2.45) is 0 Å². The topological polar surface area (TPSA) is 43.4 Å². The predicted octanol–water partition coefficient (Wildman–Crippen LogP) is 2.21. The van der Waals surface area contributed by atoms with Crippen molar-refractivity contribution >= 4 is 11.8 Å². The Labute approximate surface area is 101 Å². The van der Waals surface area contributed by atoms with E-state index >= 15 is 0 Å². The molecule has 1 rings (SSSR count). The molecule has 0 radical (unpaired) electrons. The minimum atomic E-state index is -0.547.